The highest BCUT2D eigenvalue weighted by atomic mass is 32.1. The molecule has 1 amide bonds. The van der Waals surface area contributed by atoms with Crippen LogP contribution in [0.4, 0.5) is 0 Å². The number of aromatic nitrogens is 1. The summed E-state index contributed by atoms with van der Waals surface area (Å²) in [5, 5.41) is 3.88. The first kappa shape index (κ1) is 7.84. The molecule has 2 aromatic heterocycles. The first-order chi connectivity index (χ1) is 7.14. The summed E-state index contributed by atoms with van der Waals surface area (Å²) in [5.74, 6) is 0.00793. The summed E-state index contributed by atoms with van der Waals surface area (Å²) in [7, 11) is -2.19. The number of furan rings is 1. The predicted molar refractivity (Wildman–Crippen MR) is 54.8 cm³/mol. The van der Waals surface area contributed by atoms with Gasteiger partial charge in [-0.2, -0.15) is 0 Å². The van der Waals surface area contributed by atoms with Crippen LogP contribution < -0.4 is 21.8 Å². The third-order valence-corrected chi connectivity index (χ3v) is 6.00. The van der Waals surface area contributed by atoms with Crippen molar-refractivity contribution in [1.82, 2.24) is 4.98 Å². The first-order valence-electron chi connectivity index (χ1n) is 4.18. The van der Waals surface area contributed by atoms with Crippen LogP contribution in [0.2, 0.25) is 0 Å². The van der Waals surface area contributed by atoms with Crippen LogP contribution in [-0.4, -0.2) is 10.9 Å². The Balaban J connectivity index is 1.86. The smallest absolute Gasteiger partial charge is 0.268 e. The lowest BCUT2D eigenvalue weighted by Crippen LogP contribution is -2.11. The van der Waals surface area contributed by atoms with E-state index in [0.29, 0.717) is 16.3 Å². The Kier molecular flexibility index (Phi) is 1.01. The summed E-state index contributed by atoms with van der Waals surface area (Å²) in [6.07, 6.45) is 0. The topological polar surface area (TPSA) is 86.2 Å². The summed E-state index contributed by atoms with van der Waals surface area (Å²) < 4.78 is 17.0. The highest BCUT2D eigenvalue weighted by Crippen LogP contribution is 2.70. The summed E-state index contributed by atoms with van der Waals surface area (Å²) in [5.41, 5.74) is 5.95. The molecule has 0 radical (unpaired) electrons. The zero-order valence-corrected chi connectivity index (χ0v) is 8.89. The molecular weight excluding hydrogens is 235 g/mol. The molecule has 0 saturated heterocycles. The molecule has 0 fully saturated rings. The molecule has 0 aromatic carbocycles. The van der Waals surface area contributed by atoms with Crippen molar-refractivity contribution in [3.8, 4) is 10.8 Å². The molecule has 2 aromatic rings. The predicted octanol–water partition coefficient (Wildman–Crippen LogP) is -0.232. The average Bonchev–Trinajstić information content (AvgIpc) is 2.85. The van der Waals surface area contributed by atoms with Crippen molar-refractivity contribution >= 4 is 40.5 Å². The second kappa shape index (κ2) is 1.94. The van der Waals surface area contributed by atoms with Gasteiger partial charge in [-0.25, -0.2) is 4.98 Å². The van der Waals surface area contributed by atoms with Gasteiger partial charge < -0.3 is 14.7 Å². The first-order valence-corrected chi connectivity index (χ1v) is 6.77. The number of hydrogen-bond acceptors (Lipinski definition) is 5. The fraction of sp³-hybridized carbons (Fsp3) is 0. The van der Waals surface area contributed by atoms with E-state index in [9.17, 15) is 9.36 Å². The van der Waals surface area contributed by atoms with E-state index in [1.54, 1.807) is 5.38 Å². The average molecular weight is 238 g/mol. The second-order valence-electron chi connectivity index (χ2n) is 3.44. The number of nitrogens with zero attached hydrogens (tertiary/aromatic N) is 1. The number of rotatable bonds is 2. The maximum Gasteiger partial charge on any atom is 0.268 e. The monoisotopic (exact) mass is 238 g/mol. The zero-order valence-electron chi connectivity index (χ0n) is 7.18. The molecule has 5 rings (SSSR count). The third-order valence-electron chi connectivity index (χ3n) is 2.61. The van der Waals surface area contributed by atoms with Crippen LogP contribution in [0.1, 0.15) is 10.5 Å². The van der Waals surface area contributed by atoms with Crippen LogP contribution in [0.3, 0.4) is 0 Å². The fourth-order valence-electron chi connectivity index (χ4n) is 1.74. The Hall–Kier alpha value is -1.39. The van der Waals surface area contributed by atoms with Crippen LogP contribution >= 0.6 is 18.5 Å². The van der Waals surface area contributed by atoms with Crippen LogP contribution in [0, 0.1) is 0 Å². The minimum Gasteiger partial charge on any atom is -0.448 e. The Morgan fingerprint density at radius 2 is 2.27 bits per heavy atom. The van der Waals surface area contributed by atoms with Gasteiger partial charge in [0.05, 0.1) is 10.6 Å². The van der Waals surface area contributed by atoms with Gasteiger partial charge in [0, 0.05) is 5.38 Å². The van der Waals surface area contributed by atoms with Gasteiger partial charge >= 0.3 is 0 Å². The minimum atomic E-state index is -2.19. The van der Waals surface area contributed by atoms with Gasteiger partial charge in [0.2, 0.25) is 7.14 Å². The number of amides is 1. The molecule has 5 nitrogen and oxygen atoms in total. The minimum absolute atomic E-state index is 0.221. The van der Waals surface area contributed by atoms with Crippen LogP contribution in [0.5, 0.6) is 0 Å². The van der Waals surface area contributed by atoms with E-state index in [2.05, 4.69) is 4.98 Å². The van der Waals surface area contributed by atoms with Crippen LogP contribution in [0.25, 0.3) is 10.8 Å². The van der Waals surface area contributed by atoms with E-state index in [1.165, 1.54) is 11.3 Å². The largest absolute Gasteiger partial charge is 0.448 e. The number of carbonyl (C=O) groups is 1. The maximum absolute atomic E-state index is 11.7. The standard InChI is InChI=1S/C8H3N2O3PS/c9-6(11)2-1-15-7(10-2)3-4-5-8(13-3)14(4,5)12/h1H,(H2,9,11). The summed E-state index contributed by atoms with van der Waals surface area (Å²) >= 11 is 1.27. The lowest BCUT2D eigenvalue weighted by molar-refractivity contribution is 0.0996. The van der Waals surface area contributed by atoms with Crippen molar-refractivity contribution in [3.05, 3.63) is 11.1 Å². The molecule has 2 bridgehead atoms. The molecule has 0 aliphatic carbocycles. The molecule has 3 aliphatic rings. The van der Waals surface area contributed by atoms with Gasteiger partial charge in [0.25, 0.3) is 5.91 Å². The van der Waals surface area contributed by atoms with Crippen molar-refractivity contribution in [3.63, 3.8) is 0 Å². The molecular formula is C8H3N2O3PS. The highest BCUT2D eigenvalue weighted by Gasteiger charge is 2.75. The second-order valence-corrected chi connectivity index (χ2v) is 6.82. The molecule has 15 heavy (non-hydrogen) atoms. The summed E-state index contributed by atoms with van der Waals surface area (Å²) in [6.45, 7) is 0. The summed E-state index contributed by atoms with van der Waals surface area (Å²) in [4.78, 5) is 14.9. The van der Waals surface area contributed by atoms with Crippen molar-refractivity contribution in [1.29, 1.82) is 0 Å². The number of nitrogens with two attached hydrogens (primary N) is 1. The molecule has 74 valence electrons. The Morgan fingerprint density at radius 1 is 1.53 bits per heavy atom. The molecule has 7 heteroatoms. The third kappa shape index (κ3) is 0.682. The number of primary amides is 1. The number of thiazole rings is 1. The van der Waals surface area contributed by atoms with Gasteiger partial charge in [-0.15, -0.1) is 11.3 Å². The van der Waals surface area contributed by atoms with E-state index in [0.717, 1.165) is 10.6 Å². The Bertz CT molecular complexity index is 690. The Labute approximate surface area is 87.3 Å². The van der Waals surface area contributed by atoms with Gasteiger partial charge in [-0.05, 0) is 0 Å². The zero-order chi connectivity index (χ0) is 10.4. The van der Waals surface area contributed by atoms with Crippen molar-refractivity contribution in [2.75, 3.05) is 0 Å². The van der Waals surface area contributed by atoms with Crippen LogP contribution in [0.15, 0.2) is 9.80 Å². The lowest BCUT2D eigenvalue weighted by atomic mass is 10.4. The fourth-order valence-corrected chi connectivity index (χ4v) is 5.09. The van der Waals surface area contributed by atoms with Gasteiger partial charge in [-0.3, -0.25) is 4.79 Å². The number of hydrogen-bond donors (Lipinski definition) is 1. The molecule has 0 spiro atoms. The molecule has 1 unspecified atom stereocenters. The van der Waals surface area contributed by atoms with E-state index in [1.807, 2.05) is 0 Å². The summed E-state index contributed by atoms with van der Waals surface area (Å²) in [6, 6.07) is 0. The number of fused-ring (bicyclic) bond motifs is 1. The molecule has 0 saturated carbocycles. The van der Waals surface area contributed by atoms with E-state index < -0.39 is 13.0 Å². The Morgan fingerprint density at radius 3 is 2.73 bits per heavy atom. The van der Waals surface area contributed by atoms with Crippen molar-refractivity contribution in [2.45, 2.75) is 0 Å². The highest BCUT2D eigenvalue weighted by molar-refractivity contribution is 8.06. The SMILES string of the molecule is NC(=O)c1csc(-c2oc3c4c2P34=O)n1. The van der Waals surface area contributed by atoms with Gasteiger partial charge in [0.15, 0.2) is 16.3 Å². The lowest BCUT2D eigenvalue weighted by Gasteiger charge is -1.85. The number of carbonyl (C=O) groups excluding carboxylic acids is 1. The van der Waals surface area contributed by atoms with Crippen molar-refractivity contribution in [2.24, 2.45) is 5.73 Å². The van der Waals surface area contributed by atoms with Gasteiger partial charge in [0.1, 0.15) is 5.69 Å². The van der Waals surface area contributed by atoms with Gasteiger partial charge in [-0.1, -0.05) is 0 Å². The quantitative estimate of drug-likeness (QED) is 0.488. The molecule has 2 N–H and O–H groups in total. The normalized spacial score (nSPS) is 23.7. The van der Waals surface area contributed by atoms with E-state index in [4.69, 9.17) is 10.2 Å². The molecule has 5 heterocycles. The molecule has 1 atom stereocenters. The van der Waals surface area contributed by atoms with Crippen molar-refractivity contribution < 1.29 is 13.8 Å². The maximum atomic E-state index is 11.7. The van der Waals surface area contributed by atoms with Crippen LogP contribution in [-0.2, 0) is 4.57 Å². The van der Waals surface area contributed by atoms with E-state index in [-0.39, 0.29) is 5.69 Å². The van der Waals surface area contributed by atoms with E-state index >= 15 is 0 Å². The molecule has 3 aliphatic heterocycles.